The number of methoxy groups -OCH3 is 1. The molecule has 0 saturated carbocycles. The molecule has 0 amide bonds. The summed E-state index contributed by atoms with van der Waals surface area (Å²) in [6.45, 7) is 7.23. The second-order valence-corrected chi connectivity index (χ2v) is 12.6. The number of aromatic nitrogens is 3. The van der Waals surface area contributed by atoms with Crippen molar-refractivity contribution in [1.82, 2.24) is 14.5 Å². The Morgan fingerprint density at radius 2 is 1.89 bits per heavy atom. The molecule has 0 bridgehead atoms. The van der Waals surface area contributed by atoms with E-state index in [0.29, 0.717) is 46.4 Å². The SMILES string of the molecule is CCOC(=O)C1=C(C)N=c2s/c(=C/c3ccc(Sc4nc(C)cc(C)n4)c([N+](=O)[O-])c3)c(=O)n2[C@@H]1c1ccc(OC)c(Br)c1. The molecule has 5 rings (SSSR count). The molecule has 1 aliphatic heterocycles. The highest BCUT2D eigenvalue weighted by molar-refractivity contribution is 9.10. The van der Waals surface area contributed by atoms with Crippen molar-refractivity contribution in [1.29, 1.82) is 0 Å². The first-order valence-electron chi connectivity index (χ1n) is 13.3. The van der Waals surface area contributed by atoms with Crippen LogP contribution in [-0.4, -0.2) is 39.1 Å². The summed E-state index contributed by atoms with van der Waals surface area (Å²) in [5.74, 6) is 0.0170. The standard InChI is InChI=1S/C30H26BrN5O6S2/c1-6-42-28(38)25-17(4)34-30-35(26(25)19-8-9-22(41-5)20(31)14-19)27(37)24(44-30)13-18-7-10-23(21(12-18)36(39)40)43-29-32-15(2)11-16(3)33-29/h7-14,26H,6H2,1-5H3/b24-13+/t26-/m1/s1. The molecule has 0 spiro atoms. The minimum atomic E-state index is -0.819. The smallest absolute Gasteiger partial charge is 0.338 e. The maximum atomic E-state index is 13.9. The van der Waals surface area contributed by atoms with Gasteiger partial charge in [0.25, 0.3) is 11.2 Å². The monoisotopic (exact) mass is 695 g/mol. The van der Waals surface area contributed by atoms with Gasteiger partial charge in [-0.1, -0.05) is 23.5 Å². The number of carbonyl (C=O) groups excluding carboxylic acids is 1. The minimum Gasteiger partial charge on any atom is -0.496 e. The summed E-state index contributed by atoms with van der Waals surface area (Å²) in [6, 6.07) is 11.1. The van der Waals surface area contributed by atoms with Gasteiger partial charge in [-0.15, -0.1) is 0 Å². The quantitative estimate of drug-likeness (QED) is 0.107. The van der Waals surface area contributed by atoms with Crippen molar-refractivity contribution in [3.63, 3.8) is 0 Å². The van der Waals surface area contributed by atoms with Crippen LogP contribution in [0.3, 0.4) is 0 Å². The van der Waals surface area contributed by atoms with Crippen molar-refractivity contribution < 1.29 is 19.2 Å². The van der Waals surface area contributed by atoms with Gasteiger partial charge in [-0.05, 0) is 96.9 Å². The largest absolute Gasteiger partial charge is 0.496 e. The molecule has 226 valence electrons. The maximum Gasteiger partial charge on any atom is 0.338 e. The molecule has 4 aromatic rings. The fourth-order valence-corrected chi connectivity index (χ4v) is 7.36. The lowest BCUT2D eigenvalue weighted by Gasteiger charge is -2.25. The number of aryl methyl sites for hydroxylation is 2. The van der Waals surface area contributed by atoms with Gasteiger partial charge in [0.05, 0.1) is 49.9 Å². The van der Waals surface area contributed by atoms with Crippen LogP contribution in [0.25, 0.3) is 6.08 Å². The normalized spacial score (nSPS) is 14.7. The third-order valence-corrected chi connectivity index (χ3v) is 9.18. The van der Waals surface area contributed by atoms with E-state index in [-0.39, 0.29) is 17.9 Å². The Labute approximate surface area is 268 Å². The minimum absolute atomic E-state index is 0.138. The number of nitro benzene ring substituents is 1. The Kier molecular flexibility index (Phi) is 9.13. The van der Waals surface area contributed by atoms with Crippen molar-refractivity contribution in [2.24, 2.45) is 4.99 Å². The molecule has 0 saturated heterocycles. The number of nitrogens with zero attached hydrogens (tertiary/aromatic N) is 5. The van der Waals surface area contributed by atoms with Crippen molar-refractivity contribution in [2.75, 3.05) is 13.7 Å². The number of fused-ring (bicyclic) bond motifs is 1. The van der Waals surface area contributed by atoms with Crippen LogP contribution in [0, 0.1) is 24.0 Å². The van der Waals surface area contributed by atoms with Gasteiger partial charge in [0, 0.05) is 17.5 Å². The number of carbonyl (C=O) groups is 1. The highest BCUT2D eigenvalue weighted by atomic mass is 79.9. The van der Waals surface area contributed by atoms with Crippen LogP contribution < -0.4 is 19.6 Å². The second kappa shape index (κ2) is 12.8. The zero-order valence-corrected chi connectivity index (χ0v) is 27.5. The van der Waals surface area contributed by atoms with Crippen LogP contribution in [0.4, 0.5) is 5.69 Å². The van der Waals surface area contributed by atoms with Gasteiger partial charge >= 0.3 is 5.97 Å². The van der Waals surface area contributed by atoms with Gasteiger partial charge in [-0.3, -0.25) is 19.5 Å². The number of allylic oxidation sites excluding steroid dienone is 1. The molecule has 44 heavy (non-hydrogen) atoms. The summed E-state index contributed by atoms with van der Waals surface area (Å²) < 4.78 is 13.1. The number of benzene rings is 2. The highest BCUT2D eigenvalue weighted by Crippen LogP contribution is 2.36. The van der Waals surface area contributed by atoms with E-state index < -0.39 is 22.5 Å². The fourth-order valence-electron chi connectivity index (χ4n) is 4.80. The average molecular weight is 697 g/mol. The van der Waals surface area contributed by atoms with Crippen molar-refractivity contribution >= 4 is 56.8 Å². The number of rotatable bonds is 8. The van der Waals surface area contributed by atoms with Gasteiger partial charge < -0.3 is 9.47 Å². The van der Waals surface area contributed by atoms with E-state index in [1.807, 2.05) is 19.9 Å². The molecule has 11 nitrogen and oxygen atoms in total. The van der Waals surface area contributed by atoms with Gasteiger partial charge in [0.1, 0.15) is 5.75 Å². The van der Waals surface area contributed by atoms with E-state index >= 15 is 0 Å². The zero-order valence-electron chi connectivity index (χ0n) is 24.3. The topological polar surface area (TPSA) is 139 Å². The summed E-state index contributed by atoms with van der Waals surface area (Å²) in [6.07, 6.45) is 1.59. The van der Waals surface area contributed by atoms with Crippen LogP contribution in [-0.2, 0) is 9.53 Å². The fraction of sp³-hybridized carbons (Fsp3) is 0.233. The number of nitro groups is 1. The first kappa shape index (κ1) is 31.3. The lowest BCUT2D eigenvalue weighted by Crippen LogP contribution is -2.40. The van der Waals surface area contributed by atoms with Crippen molar-refractivity contribution in [3.05, 3.63) is 111 Å². The van der Waals surface area contributed by atoms with Gasteiger partial charge in [0.2, 0.25) is 0 Å². The van der Waals surface area contributed by atoms with Crippen LogP contribution in [0.2, 0.25) is 0 Å². The Morgan fingerprint density at radius 3 is 2.52 bits per heavy atom. The number of esters is 1. The van der Waals surface area contributed by atoms with Crippen molar-refractivity contribution in [3.8, 4) is 5.75 Å². The first-order chi connectivity index (χ1) is 21.0. The third kappa shape index (κ3) is 6.23. The molecule has 14 heteroatoms. The number of halogens is 1. The molecule has 3 heterocycles. The molecule has 0 fully saturated rings. The predicted octanol–water partition coefficient (Wildman–Crippen LogP) is 5.04. The lowest BCUT2D eigenvalue weighted by atomic mass is 9.96. The van der Waals surface area contributed by atoms with Crippen LogP contribution in [0.5, 0.6) is 5.75 Å². The second-order valence-electron chi connectivity index (χ2n) is 9.72. The van der Waals surface area contributed by atoms with E-state index in [9.17, 15) is 19.7 Å². The predicted molar refractivity (Wildman–Crippen MR) is 170 cm³/mol. The average Bonchev–Trinajstić information content (AvgIpc) is 3.26. The Bertz CT molecular complexity index is 2020. The van der Waals surface area contributed by atoms with Gasteiger partial charge in [0.15, 0.2) is 9.96 Å². The molecular weight excluding hydrogens is 670 g/mol. The third-order valence-electron chi connectivity index (χ3n) is 6.65. The summed E-state index contributed by atoms with van der Waals surface area (Å²) in [5.41, 5.74) is 2.76. The van der Waals surface area contributed by atoms with Crippen LogP contribution in [0.1, 0.15) is 42.4 Å². The number of ether oxygens (including phenoxy) is 2. The molecule has 1 aliphatic rings. The first-order valence-corrected chi connectivity index (χ1v) is 15.7. The summed E-state index contributed by atoms with van der Waals surface area (Å²) in [4.78, 5) is 52.8. The maximum absolute atomic E-state index is 13.9. The molecule has 2 aromatic heterocycles. The van der Waals surface area contributed by atoms with E-state index in [1.165, 1.54) is 10.6 Å². The molecular formula is C30H26BrN5O6S2. The van der Waals surface area contributed by atoms with Gasteiger partial charge in [-0.2, -0.15) is 0 Å². The molecule has 2 aromatic carbocycles. The molecule has 0 N–H and O–H groups in total. The highest BCUT2D eigenvalue weighted by Gasteiger charge is 2.33. The van der Waals surface area contributed by atoms with Crippen molar-refractivity contribution in [2.45, 2.75) is 43.8 Å². The molecule has 1 atom stereocenters. The molecule has 0 radical (unpaired) electrons. The number of hydrogen-bond donors (Lipinski definition) is 0. The lowest BCUT2D eigenvalue weighted by molar-refractivity contribution is -0.387. The van der Waals surface area contributed by atoms with E-state index in [1.54, 1.807) is 57.4 Å². The van der Waals surface area contributed by atoms with E-state index in [4.69, 9.17) is 9.47 Å². The van der Waals surface area contributed by atoms with Crippen LogP contribution in [0.15, 0.2) is 78.0 Å². The van der Waals surface area contributed by atoms with E-state index in [0.717, 1.165) is 34.5 Å². The Balaban J connectivity index is 1.63. The number of hydrogen-bond acceptors (Lipinski definition) is 11. The van der Waals surface area contributed by atoms with Crippen LogP contribution >= 0.6 is 39.0 Å². The zero-order chi connectivity index (χ0) is 31.7. The number of thiazole rings is 1. The van der Waals surface area contributed by atoms with Gasteiger partial charge in [-0.25, -0.2) is 19.8 Å². The van der Waals surface area contributed by atoms with E-state index in [2.05, 4.69) is 30.9 Å². The summed E-state index contributed by atoms with van der Waals surface area (Å²) in [7, 11) is 1.55. The summed E-state index contributed by atoms with van der Waals surface area (Å²) >= 11 is 5.73. The Morgan fingerprint density at radius 1 is 1.16 bits per heavy atom. The summed E-state index contributed by atoms with van der Waals surface area (Å²) in [5, 5.41) is 12.4. The molecule has 0 aliphatic carbocycles. The molecule has 0 unspecified atom stereocenters. The Hall–Kier alpha value is -4.14.